The number of amides is 3. The molecule has 7 nitrogen and oxygen atoms in total. The second-order valence-electron chi connectivity index (χ2n) is 9.37. The van der Waals surface area contributed by atoms with Crippen molar-refractivity contribution in [2.45, 2.75) is 51.1 Å². The van der Waals surface area contributed by atoms with Crippen LogP contribution in [0.1, 0.15) is 42.4 Å². The van der Waals surface area contributed by atoms with Crippen LogP contribution in [0.3, 0.4) is 0 Å². The summed E-state index contributed by atoms with van der Waals surface area (Å²) < 4.78 is 91.8. The second kappa shape index (κ2) is 12.1. The first-order valence-corrected chi connectivity index (χ1v) is 12.1. The van der Waals surface area contributed by atoms with Gasteiger partial charge in [0.05, 0.1) is 23.2 Å². The third kappa shape index (κ3) is 8.10. The van der Waals surface area contributed by atoms with Crippen LogP contribution in [0.5, 0.6) is 0 Å². The Hall–Kier alpha value is -3.81. The van der Waals surface area contributed by atoms with E-state index in [0.29, 0.717) is 11.1 Å². The van der Waals surface area contributed by atoms with Crippen molar-refractivity contribution >= 4 is 29.1 Å². The molecule has 3 rings (SSSR count). The monoisotopic (exact) mass is 575 g/mol. The molecule has 2 aromatic rings. The maximum atomic E-state index is 14.1. The first kappa shape index (κ1) is 30.7. The quantitative estimate of drug-likeness (QED) is 0.392. The van der Waals surface area contributed by atoms with Gasteiger partial charge in [-0.05, 0) is 37.5 Å². The molecular weight excluding hydrogens is 549 g/mol. The topological polar surface area (TPSA) is 115 Å². The number of hydrogen-bond donors (Lipinski definition) is 3. The lowest BCUT2D eigenvalue weighted by molar-refractivity contribution is -0.314. The van der Waals surface area contributed by atoms with Crippen LogP contribution in [-0.4, -0.2) is 42.0 Å². The molecule has 0 radical (unpaired) electrons. The van der Waals surface area contributed by atoms with Crippen molar-refractivity contribution in [1.29, 1.82) is 0 Å². The fourth-order valence-electron chi connectivity index (χ4n) is 4.43. The summed E-state index contributed by atoms with van der Waals surface area (Å²) in [5.74, 6) is -7.65. The van der Waals surface area contributed by atoms with Gasteiger partial charge in [0.15, 0.2) is 0 Å². The van der Waals surface area contributed by atoms with Gasteiger partial charge in [-0.3, -0.25) is 15.3 Å². The van der Waals surface area contributed by atoms with Crippen LogP contribution < -0.4 is 16.4 Å². The highest BCUT2D eigenvalue weighted by Gasteiger charge is 2.41. The number of aliphatic imine (C=N–C) groups is 1. The van der Waals surface area contributed by atoms with Crippen LogP contribution >= 0.6 is 0 Å². The van der Waals surface area contributed by atoms with Crippen molar-refractivity contribution in [1.82, 2.24) is 5.32 Å². The number of benzodiazepines with no additional fused rings is 1. The number of nitrogens with zero attached hydrogens (tertiary/aromatic N) is 1. The molecule has 40 heavy (non-hydrogen) atoms. The molecule has 0 bridgehead atoms. The Morgan fingerprint density at radius 1 is 1.00 bits per heavy atom. The fourth-order valence-corrected chi connectivity index (χ4v) is 4.43. The minimum atomic E-state index is -4.78. The number of anilines is 1. The van der Waals surface area contributed by atoms with Gasteiger partial charge in [0.2, 0.25) is 12.1 Å². The zero-order valence-corrected chi connectivity index (χ0v) is 21.1. The molecule has 0 spiro atoms. The standard InChI is InChI=1S/C26H25F7N4O3/c1-13-4-2-7-18-19(13)36-24(40)22(35-20(18)14-5-3-6-15(27)12-14)37-23(39)17(9-11-26(31,32)33)16(21(34)38)8-10-25(28,29)30/h2-7,12,16-17,22H,8-11H2,1H3,(H2,34,38)(H,36,40)(H,37,39)/p+1. The van der Waals surface area contributed by atoms with E-state index in [1.165, 1.54) is 18.2 Å². The summed E-state index contributed by atoms with van der Waals surface area (Å²) in [6.07, 6.45) is -16.4. The highest BCUT2D eigenvalue weighted by atomic mass is 19.4. The number of alkyl halides is 6. The summed E-state index contributed by atoms with van der Waals surface area (Å²) in [5, 5.41) is 4.77. The summed E-state index contributed by atoms with van der Waals surface area (Å²) >= 11 is 0. The van der Waals surface area contributed by atoms with E-state index >= 15 is 0 Å². The van der Waals surface area contributed by atoms with E-state index in [4.69, 9.17) is 0 Å². The van der Waals surface area contributed by atoms with Crippen molar-refractivity contribution in [2.24, 2.45) is 16.8 Å². The van der Waals surface area contributed by atoms with E-state index < -0.39 is 79.6 Å². The van der Waals surface area contributed by atoms with Crippen LogP contribution in [0.15, 0.2) is 47.5 Å². The number of rotatable bonds is 9. The second-order valence-corrected chi connectivity index (χ2v) is 9.37. The van der Waals surface area contributed by atoms with Gasteiger partial charge >= 0.3 is 18.3 Å². The molecule has 0 saturated heterocycles. The van der Waals surface area contributed by atoms with Crippen molar-refractivity contribution < 1.29 is 50.9 Å². The first-order chi connectivity index (χ1) is 18.6. The van der Waals surface area contributed by atoms with E-state index in [1.807, 2.05) is 0 Å². The maximum absolute atomic E-state index is 14.1. The zero-order valence-electron chi connectivity index (χ0n) is 21.1. The lowest BCUT2D eigenvalue weighted by Gasteiger charge is -2.25. The number of halogens is 7. The third-order valence-electron chi connectivity index (χ3n) is 6.37. The van der Waals surface area contributed by atoms with Gasteiger partial charge in [-0.25, -0.2) is 14.2 Å². The van der Waals surface area contributed by atoms with Crippen LogP contribution in [0.2, 0.25) is 0 Å². The van der Waals surface area contributed by atoms with Gasteiger partial charge in [0, 0.05) is 24.0 Å². The number of fused-ring (bicyclic) bond motifs is 1. The predicted molar refractivity (Wildman–Crippen MR) is 129 cm³/mol. The van der Waals surface area contributed by atoms with Crippen molar-refractivity contribution in [3.63, 3.8) is 0 Å². The minimum Gasteiger partial charge on any atom is -0.326 e. The van der Waals surface area contributed by atoms with Crippen molar-refractivity contribution in [2.75, 3.05) is 5.32 Å². The third-order valence-corrected chi connectivity index (χ3v) is 6.37. The summed E-state index contributed by atoms with van der Waals surface area (Å²) in [6.45, 7) is 1.67. The highest BCUT2D eigenvalue weighted by molar-refractivity contribution is 6.20. The number of quaternary nitrogens is 1. The molecule has 0 aromatic heterocycles. The Kier molecular flexibility index (Phi) is 9.33. The number of benzene rings is 2. The van der Waals surface area contributed by atoms with E-state index in [2.05, 4.69) is 21.4 Å². The molecule has 2 aromatic carbocycles. The molecule has 0 aliphatic carbocycles. The van der Waals surface area contributed by atoms with Crippen molar-refractivity contribution in [3.8, 4) is 0 Å². The largest absolute Gasteiger partial charge is 0.389 e. The van der Waals surface area contributed by atoms with E-state index in [0.717, 1.165) is 6.07 Å². The molecule has 0 saturated carbocycles. The molecule has 3 atom stereocenters. The Balaban J connectivity index is 2.02. The van der Waals surface area contributed by atoms with Gasteiger partial charge in [0.25, 0.3) is 5.91 Å². The number of para-hydroxylation sites is 1. The van der Waals surface area contributed by atoms with Crippen LogP contribution in [0.4, 0.5) is 36.4 Å². The van der Waals surface area contributed by atoms with Gasteiger partial charge < -0.3 is 10.6 Å². The molecule has 0 fully saturated rings. The molecule has 216 valence electrons. The zero-order chi connectivity index (χ0) is 29.8. The number of hydrogen-bond acceptors (Lipinski definition) is 4. The summed E-state index contributed by atoms with van der Waals surface area (Å²) in [6, 6.07) is 10.1. The summed E-state index contributed by atoms with van der Waals surface area (Å²) in [7, 11) is 0. The van der Waals surface area contributed by atoms with Gasteiger partial charge in [-0.1, -0.05) is 30.3 Å². The Morgan fingerprint density at radius 3 is 2.17 bits per heavy atom. The van der Waals surface area contributed by atoms with E-state index in [9.17, 15) is 45.1 Å². The van der Waals surface area contributed by atoms with Crippen LogP contribution in [-0.2, 0) is 14.4 Å². The van der Waals surface area contributed by atoms with Gasteiger partial charge in [-0.15, -0.1) is 0 Å². The van der Waals surface area contributed by atoms with E-state index in [-0.39, 0.29) is 17.0 Å². The van der Waals surface area contributed by atoms with Crippen molar-refractivity contribution in [3.05, 3.63) is 65.0 Å². The van der Waals surface area contributed by atoms with Gasteiger partial charge in [-0.2, -0.15) is 26.3 Å². The lowest BCUT2D eigenvalue weighted by Crippen LogP contribution is -2.63. The molecule has 5 N–H and O–H groups in total. The number of aryl methyl sites for hydroxylation is 1. The molecule has 3 amide bonds. The number of carbonyl (C=O) groups is 3. The Bertz CT molecular complexity index is 1310. The predicted octanol–water partition coefficient (Wildman–Crippen LogP) is 4.05. The number of nitrogens with one attached hydrogen (secondary N) is 2. The van der Waals surface area contributed by atoms with E-state index in [1.54, 1.807) is 25.1 Å². The fraction of sp³-hybridized carbons (Fsp3) is 0.385. The average molecular weight is 576 g/mol. The Labute approximate surface area is 224 Å². The molecule has 1 aliphatic heterocycles. The molecule has 1 heterocycles. The summed E-state index contributed by atoms with van der Waals surface area (Å²) in [5.41, 5.74) is 4.56. The summed E-state index contributed by atoms with van der Waals surface area (Å²) in [4.78, 5) is 42.7. The molecule has 1 aliphatic rings. The number of carbonyl (C=O) groups excluding carboxylic acids is 3. The highest BCUT2D eigenvalue weighted by Crippen LogP contribution is 2.33. The molecule has 3 unspecified atom stereocenters. The normalized spacial score (nSPS) is 17.2. The first-order valence-electron chi connectivity index (χ1n) is 12.1. The van der Waals surface area contributed by atoms with Crippen LogP contribution in [0.25, 0.3) is 0 Å². The lowest BCUT2D eigenvalue weighted by atomic mass is 9.83. The van der Waals surface area contributed by atoms with Crippen LogP contribution in [0, 0.1) is 24.6 Å². The SMILES string of the molecule is Cc1cccc2c1NC(=O)C(NC(=O)C(CCC(F)(F)F)C(CCC(F)(F)F)C([NH3+])=O)N=C2c1cccc(F)c1. The minimum absolute atomic E-state index is 0.0653. The molecule has 14 heteroatoms. The average Bonchev–Trinajstić information content (AvgIpc) is 2.97. The Morgan fingerprint density at radius 2 is 1.60 bits per heavy atom. The molecular formula is C26H26F7N4O3+. The smallest absolute Gasteiger partial charge is 0.326 e. The maximum Gasteiger partial charge on any atom is 0.389 e. The van der Waals surface area contributed by atoms with Gasteiger partial charge in [0.1, 0.15) is 5.82 Å².